The lowest BCUT2D eigenvalue weighted by Crippen LogP contribution is -2.40. The summed E-state index contributed by atoms with van der Waals surface area (Å²) in [6.45, 7) is 6.89. The van der Waals surface area contributed by atoms with E-state index in [2.05, 4.69) is 50.0 Å². The van der Waals surface area contributed by atoms with E-state index in [9.17, 15) is 13.2 Å². The van der Waals surface area contributed by atoms with Crippen molar-refractivity contribution < 1.29 is 17.6 Å². The number of aromatic nitrogens is 1. The second kappa shape index (κ2) is 9.88. The zero-order chi connectivity index (χ0) is 26.2. The molecular weight excluding hydrogens is 484 g/mol. The number of furan rings is 1. The van der Waals surface area contributed by atoms with Crippen LogP contribution in [0.5, 0.6) is 0 Å². The minimum absolute atomic E-state index is 0.0843. The van der Waals surface area contributed by atoms with Crippen molar-refractivity contribution in [2.45, 2.75) is 63.0 Å². The van der Waals surface area contributed by atoms with E-state index in [1.54, 1.807) is 18.3 Å². The van der Waals surface area contributed by atoms with Crippen LogP contribution >= 0.6 is 0 Å². The van der Waals surface area contributed by atoms with Crippen molar-refractivity contribution in [2.75, 3.05) is 6.54 Å². The van der Waals surface area contributed by atoms with Gasteiger partial charge in [0, 0.05) is 36.3 Å². The van der Waals surface area contributed by atoms with Crippen LogP contribution in [0.15, 0.2) is 82.4 Å². The number of carbonyl (C=O) groups excluding carboxylic acids is 1. The van der Waals surface area contributed by atoms with Crippen molar-refractivity contribution in [1.82, 2.24) is 9.29 Å². The molecule has 5 rings (SSSR count). The fourth-order valence-electron chi connectivity index (χ4n) is 4.92. The first-order valence-electron chi connectivity index (χ1n) is 12.7. The van der Waals surface area contributed by atoms with Crippen molar-refractivity contribution in [3.05, 3.63) is 84.2 Å². The highest BCUT2D eigenvalue weighted by atomic mass is 32.2. The largest absolute Gasteiger partial charge is 0.443 e. The summed E-state index contributed by atoms with van der Waals surface area (Å²) >= 11 is 0. The molecule has 4 aromatic rings. The van der Waals surface area contributed by atoms with Crippen LogP contribution in [0, 0.1) is 0 Å². The topological polar surface area (TPSA) is 80.5 Å². The number of ketones is 1. The van der Waals surface area contributed by atoms with Crippen molar-refractivity contribution in [3.8, 4) is 11.1 Å². The molecule has 1 saturated heterocycles. The number of benzene rings is 2. The first-order chi connectivity index (χ1) is 17.6. The summed E-state index contributed by atoms with van der Waals surface area (Å²) in [6, 6.07) is 20.5. The summed E-state index contributed by atoms with van der Waals surface area (Å²) in [6.07, 6.45) is 3.62. The molecule has 2 aromatic heterocycles. The molecule has 0 unspecified atom stereocenters. The van der Waals surface area contributed by atoms with Gasteiger partial charge in [-0.25, -0.2) is 8.42 Å². The maximum absolute atomic E-state index is 13.3. The molecule has 6 nitrogen and oxygen atoms in total. The standard InChI is InChI=1S/C30H32N2O4S/c1-30(2,3)24-12-10-21(11-13-24)22-16-17-31-25(19-22)14-15-27(33)26-8-6-18-32(26)37(34,35)29-20-23-7-4-5-9-28(23)36-29/h4-5,7,9-13,16-17,19-20,26H,6,8,14-15,18H2,1-3H3/t26-/m0/s1. The predicted molar refractivity (Wildman–Crippen MR) is 145 cm³/mol. The molecule has 1 fully saturated rings. The lowest BCUT2D eigenvalue weighted by atomic mass is 9.86. The third-order valence-electron chi connectivity index (χ3n) is 7.07. The van der Waals surface area contributed by atoms with Crippen molar-refractivity contribution in [2.24, 2.45) is 0 Å². The molecule has 2 aromatic carbocycles. The third-order valence-corrected chi connectivity index (χ3v) is 8.83. The summed E-state index contributed by atoms with van der Waals surface area (Å²) in [7, 11) is -3.90. The number of para-hydroxylation sites is 1. The average molecular weight is 517 g/mol. The number of hydrogen-bond donors (Lipinski definition) is 0. The van der Waals surface area contributed by atoms with Crippen LogP contribution in [0.4, 0.5) is 0 Å². The number of nitrogens with zero attached hydrogens (tertiary/aromatic N) is 2. The monoisotopic (exact) mass is 516 g/mol. The van der Waals surface area contributed by atoms with Gasteiger partial charge in [0.25, 0.3) is 10.0 Å². The average Bonchev–Trinajstić information content (AvgIpc) is 3.55. The van der Waals surface area contributed by atoms with Crippen LogP contribution in [0.1, 0.15) is 51.3 Å². The second-order valence-electron chi connectivity index (χ2n) is 10.7. The Hall–Kier alpha value is -3.29. The van der Waals surface area contributed by atoms with E-state index in [4.69, 9.17) is 4.42 Å². The minimum atomic E-state index is -3.90. The summed E-state index contributed by atoms with van der Waals surface area (Å²) in [4.78, 5) is 17.7. The van der Waals surface area contributed by atoms with Gasteiger partial charge in [-0.3, -0.25) is 9.78 Å². The van der Waals surface area contributed by atoms with E-state index in [-0.39, 0.29) is 22.7 Å². The SMILES string of the molecule is CC(C)(C)c1ccc(-c2ccnc(CCC(=O)[C@@H]3CCCN3S(=O)(=O)c3cc4ccccc4o3)c2)cc1. The maximum atomic E-state index is 13.3. The highest BCUT2D eigenvalue weighted by molar-refractivity contribution is 7.89. The summed E-state index contributed by atoms with van der Waals surface area (Å²) in [5.74, 6) is -0.0843. The highest BCUT2D eigenvalue weighted by Crippen LogP contribution is 2.31. The Bertz CT molecular complexity index is 1500. The Kier molecular flexibility index (Phi) is 6.77. The Morgan fingerprint density at radius 3 is 2.51 bits per heavy atom. The fraction of sp³-hybridized carbons (Fsp3) is 0.333. The summed E-state index contributed by atoms with van der Waals surface area (Å²) in [5, 5.41) is 0.613. The molecule has 0 radical (unpaired) electrons. The Labute approximate surface area is 218 Å². The first-order valence-corrected chi connectivity index (χ1v) is 14.2. The zero-order valence-electron chi connectivity index (χ0n) is 21.5. The molecule has 0 aliphatic carbocycles. The van der Waals surface area contributed by atoms with E-state index in [1.165, 1.54) is 15.9 Å². The second-order valence-corrected chi connectivity index (χ2v) is 12.5. The van der Waals surface area contributed by atoms with Gasteiger partial charge in [0.15, 0.2) is 5.78 Å². The molecule has 0 amide bonds. The highest BCUT2D eigenvalue weighted by Gasteiger charge is 2.40. The summed E-state index contributed by atoms with van der Waals surface area (Å²) in [5.41, 5.74) is 4.84. The van der Waals surface area contributed by atoms with Crippen LogP contribution in [-0.4, -0.2) is 36.1 Å². The number of sulfonamides is 1. The van der Waals surface area contributed by atoms with E-state index in [1.807, 2.05) is 24.3 Å². The first kappa shape index (κ1) is 25.4. The smallest absolute Gasteiger partial charge is 0.277 e. The summed E-state index contributed by atoms with van der Waals surface area (Å²) < 4.78 is 33.6. The van der Waals surface area contributed by atoms with Crippen molar-refractivity contribution >= 4 is 26.8 Å². The quantitative estimate of drug-likeness (QED) is 0.294. The number of pyridine rings is 1. The van der Waals surface area contributed by atoms with Crippen LogP contribution in [-0.2, 0) is 26.7 Å². The van der Waals surface area contributed by atoms with Gasteiger partial charge in [-0.15, -0.1) is 0 Å². The number of fused-ring (bicyclic) bond motifs is 1. The molecule has 0 spiro atoms. The molecule has 192 valence electrons. The van der Waals surface area contributed by atoms with E-state index in [0.717, 1.165) is 22.2 Å². The van der Waals surface area contributed by atoms with Gasteiger partial charge in [0.05, 0.1) is 6.04 Å². The molecule has 1 atom stereocenters. The molecule has 3 heterocycles. The molecule has 7 heteroatoms. The van der Waals surface area contributed by atoms with Crippen LogP contribution in [0.2, 0.25) is 0 Å². The Morgan fingerprint density at radius 1 is 1.03 bits per heavy atom. The van der Waals surface area contributed by atoms with Crippen molar-refractivity contribution in [1.29, 1.82) is 0 Å². The van der Waals surface area contributed by atoms with Gasteiger partial charge in [0.2, 0.25) is 5.09 Å². The van der Waals surface area contributed by atoms with Gasteiger partial charge in [-0.2, -0.15) is 4.31 Å². The molecule has 0 saturated carbocycles. The number of hydrogen-bond acceptors (Lipinski definition) is 5. The number of carbonyl (C=O) groups is 1. The van der Waals surface area contributed by atoms with Gasteiger partial charge < -0.3 is 4.42 Å². The normalized spacial score (nSPS) is 16.9. The van der Waals surface area contributed by atoms with E-state index in [0.29, 0.717) is 31.4 Å². The lowest BCUT2D eigenvalue weighted by molar-refractivity contribution is -0.122. The van der Waals surface area contributed by atoms with Crippen LogP contribution in [0.3, 0.4) is 0 Å². The van der Waals surface area contributed by atoms with Gasteiger partial charge in [-0.1, -0.05) is 63.2 Å². The maximum Gasteiger partial charge on any atom is 0.277 e. The number of rotatable bonds is 7. The Morgan fingerprint density at radius 2 is 1.78 bits per heavy atom. The molecular formula is C30H32N2O4S. The van der Waals surface area contributed by atoms with Gasteiger partial charge in [-0.05, 0) is 59.6 Å². The van der Waals surface area contributed by atoms with Gasteiger partial charge in [0.1, 0.15) is 5.58 Å². The molecule has 1 aliphatic heterocycles. The lowest BCUT2D eigenvalue weighted by Gasteiger charge is -2.21. The zero-order valence-corrected chi connectivity index (χ0v) is 22.3. The van der Waals surface area contributed by atoms with E-state index >= 15 is 0 Å². The number of aryl methyl sites for hydroxylation is 1. The molecule has 0 bridgehead atoms. The Balaban J connectivity index is 1.28. The molecule has 37 heavy (non-hydrogen) atoms. The van der Waals surface area contributed by atoms with E-state index < -0.39 is 16.1 Å². The van der Waals surface area contributed by atoms with Crippen LogP contribution in [0.25, 0.3) is 22.1 Å². The van der Waals surface area contributed by atoms with Crippen molar-refractivity contribution in [3.63, 3.8) is 0 Å². The predicted octanol–water partition coefficient (Wildman–Crippen LogP) is 6.15. The minimum Gasteiger partial charge on any atom is -0.443 e. The molecule has 1 aliphatic rings. The fourth-order valence-corrected chi connectivity index (χ4v) is 6.55. The third kappa shape index (κ3) is 5.24. The van der Waals surface area contributed by atoms with Crippen LogP contribution < -0.4 is 0 Å². The van der Waals surface area contributed by atoms with Gasteiger partial charge >= 0.3 is 0 Å². The number of Topliss-reactive ketones (excluding diaryl/α,β-unsaturated/α-hetero) is 1. The molecule has 0 N–H and O–H groups in total.